The smallest absolute Gasteiger partial charge is 0.291 e. The minimum absolute atomic E-state index is 0.482. The summed E-state index contributed by atoms with van der Waals surface area (Å²) in [5.41, 5.74) is -2.96. The Kier molecular flexibility index (Phi) is 5.29. The maximum atomic E-state index is 13.5. The predicted molar refractivity (Wildman–Crippen MR) is 58.6 cm³/mol. The molecule has 0 saturated carbocycles. The van der Waals surface area contributed by atoms with Crippen LogP contribution < -0.4 is 0 Å². The molecule has 0 aliphatic heterocycles. The van der Waals surface area contributed by atoms with E-state index in [2.05, 4.69) is 0 Å². The molecule has 0 bridgehead atoms. The number of carbonyl (C=O) groups excluding carboxylic acids is 1. The van der Waals surface area contributed by atoms with Gasteiger partial charge in [-0.1, -0.05) is 4.39 Å². The Bertz CT molecular complexity index is 426. The second kappa shape index (κ2) is 6.10. The molecule has 0 aromatic rings. The molecule has 0 aliphatic carbocycles. The largest absolute Gasteiger partial charge is 0.614 e. The van der Waals surface area contributed by atoms with Gasteiger partial charge in [-0.05, 0) is 0 Å². The first kappa shape index (κ1) is 18.2. The van der Waals surface area contributed by atoms with Crippen LogP contribution in [0, 0.1) is 46.4 Å². The monoisotopic (exact) mass is 311 g/mol. The van der Waals surface area contributed by atoms with Gasteiger partial charge in [0.1, 0.15) is 22.7 Å². The van der Waals surface area contributed by atoms with Crippen molar-refractivity contribution in [3.8, 4) is 0 Å². The summed E-state index contributed by atoms with van der Waals surface area (Å²) in [5, 5.41) is 41.9. The van der Waals surface area contributed by atoms with E-state index < -0.39 is 50.0 Å². The molecule has 21 heavy (non-hydrogen) atoms. The number of alkyl halides is 1. The molecule has 0 aliphatic rings. The number of halogens is 1. The fraction of sp³-hybridized carbons (Fsp3) is 0.857. The number of rotatable bonds is 9. The van der Waals surface area contributed by atoms with Crippen LogP contribution in [-0.4, -0.2) is 37.6 Å². The molecule has 1 atom stereocenters. The third kappa shape index (κ3) is 3.61. The minimum atomic E-state index is -4.30. The average Bonchev–Trinajstić information content (AvgIpc) is 2.36. The standard InChI is InChI=1S/C7H8FN4O9/c1-6(9(14)15,10(16)17)2-5(4-13)3-7(8,11(18)19)12(20)21/h5H,2-3H2,1H3. The second-order valence-corrected chi connectivity index (χ2v) is 4.19. The van der Waals surface area contributed by atoms with E-state index in [-0.39, 0.29) is 0 Å². The zero-order chi connectivity index (χ0) is 17.0. The van der Waals surface area contributed by atoms with Crippen LogP contribution in [-0.2, 0) is 4.79 Å². The Morgan fingerprint density at radius 1 is 0.952 bits per heavy atom. The van der Waals surface area contributed by atoms with Crippen molar-refractivity contribution < 1.29 is 28.9 Å². The van der Waals surface area contributed by atoms with Crippen molar-refractivity contribution in [3.63, 3.8) is 0 Å². The van der Waals surface area contributed by atoms with E-state index in [1.54, 1.807) is 0 Å². The molecule has 14 heteroatoms. The SMILES string of the molecule is CC(CC([C]=O)CC(F)([N+](=O)[O-])[N+](=O)[O-])([N+](=O)[O-])[N+](=O)[O-]. The lowest BCUT2D eigenvalue weighted by Crippen LogP contribution is -2.48. The van der Waals surface area contributed by atoms with Gasteiger partial charge in [-0.3, -0.25) is 45.3 Å². The van der Waals surface area contributed by atoms with Crippen LogP contribution in [0.25, 0.3) is 0 Å². The molecule has 0 aromatic heterocycles. The van der Waals surface area contributed by atoms with Gasteiger partial charge in [-0.15, -0.1) is 0 Å². The lowest BCUT2D eigenvalue weighted by molar-refractivity contribution is -0.833. The zero-order valence-corrected chi connectivity index (χ0v) is 10.3. The molecular formula is C7H8FN4O9. The van der Waals surface area contributed by atoms with Gasteiger partial charge in [0.2, 0.25) is 6.29 Å². The van der Waals surface area contributed by atoms with E-state index in [1.165, 1.54) is 0 Å². The average molecular weight is 311 g/mol. The fourth-order valence-electron chi connectivity index (χ4n) is 1.37. The lowest BCUT2D eigenvalue weighted by atomic mass is 9.93. The van der Waals surface area contributed by atoms with E-state index in [1.807, 2.05) is 0 Å². The normalized spacial score (nSPS) is 13.2. The van der Waals surface area contributed by atoms with Gasteiger partial charge >= 0.3 is 11.6 Å². The first-order chi connectivity index (χ1) is 9.41. The summed E-state index contributed by atoms with van der Waals surface area (Å²) in [5.74, 6) is -6.39. The van der Waals surface area contributed by atoms with Crippen molar-refractivity contribution in [2.75, 3.05) is 0 Å². The summed E-state index contributed by atoms with van der Waals surface area (Å²) in [6.07, 6.45) is -2.08. The van der Waals surface area contributed by atoms with Crippen molar-refractivity contribution in [1.82, 2.24) is 0 Å². The number of hydrogen-bond donors (Lipinski definition) is 0. The van der Waals surface area contributed by atoms with E-state index in [0.29, 0.717) is 6.92 Å². The van der Waals surface area contributed by atoms with Crippen molar-refractivity contribution in [2.24, 2.45) is 5.92 Å². The van der Waals surface area contributed by atoms with Gasteiger partial charge in [0.15, 0.2) is 0 Å². The molecule has 1 unspecified atom stereocenters. The van der Waals surface area contributed by atoms with Gasteiger partial charge in [0.05, 0.1) is 22.7 Å². The molecule has 0 rings (SSSR count). The summed E-state index contributed by atoms with van der Waals surface area (Å²) in [7, 11) is 0. The zero-order valence-electron chi connectivity index (χ0n) is 10.3. The fourth-order valence-corrected chi connectivity index (χ4v) is 1.37. The number of nitrogens with zero attached hydrogens (tertiary/aromatic N) is 4. The highest BCUT2D eigenvalue weighted by atomic mass is 19.2. The molecule has 0 aromatic carbocycles. The molecule has 0 amide bonds. The van der Waals surface area contributed by atoms with Crippen LogP contribution in [0.1, 0.15) is 19.8 Å². The predicted octanol–water partition coefficient (Wildman–Crippen LogP) is -0.0612. The van der Waals surface area contributed by atoms with Gasteiger partial charge in [0, 0.05) is 0 Å². The molecule has 0 saturated heterocycles. The van der Waals surface area contributed by atoms with Gasteiger partial charge in [-0.25, -0.2) is 0 Å². The highest BCUT2D eigenvalue weighted by molar-refractivity contribution is 5.54. The van der Waals surface area contributed by atoms with Crippen LogP contribution in [0.4, 0.5) is 4.39 Å². The van der Waals surface area contributed by atoms with Gasteiger partial charge < -0.3 is 0 Å². The van der Waals surface area contributed by atoms with E-state index >= 15 is 0 Å². The van der Waals surface area contributed by atoms with Crippen molar-refractivity contribution in [3.05, 3.63) is 40.5 Å². The summed E-state index contributed by atoms with van der Waals surface area (Å²) < 4.78 is 13.5. The Balaban J connectivity index is 5.42. The van der Waals surface area contributed by atoms with Crippen molar-refractivity contribution >= 4 is 6.29 Å². The number of nitro groups is 4. The molecule has 0 N–H and O–H groups in total. The van der Waals surface area contributed by atoms with E-state index in [0.717, 1.165) is 6.29 Å². The van der Waals surface area contributed by atoms with Crippen LogP contribution in [0.15, 0.2) is 0 Å². The topological polar surface area (TPSA) is 190 Å². The summed E-state index contributed by atoms with van der Waals surface area (Å²) in [6.45, 7) is 0.482. The summed E-state index contributed by atoms with van der Waals surface area (Å²) in [6, 6.07) is 0. The highest BCUT2D eigenvalue weighted by Crippen LogP contribution is 2.29. The first-order valence-corrected chi connectivity index (χ1v) is 5.06. The Morgan fingerprint density at radius 2 is 1.33 bits per heavy atom. The number of hydrogen-bond acceptors (Lipinski definition) is 9. The van der Waals surface area contributed by atoms with Crippen LogP contribution in [0.2, 0.25) is 0 Å². The van der Waals surface area contributed by atoms with Crippen molar-refractivity contribution in [2.45, 2.75) is 31.3 Å². The molecule has 0 heterocycles. The van der Waals surface area contributed by atoms with E-state index in [4.69, 9.17) is 0 Å². The molecule has 0 fully saturated rings. The molecule has 1 radical (unpaired) electrons. The molecule has 117 valence electrons. The van der Waals surface area contributed by atoms with E-state index in [9.17, 15) is 49.6 Å². The van der Waals surface area contributed by atoms with Crippen LogP contribution in [0.5, 0.6) is 0 Å². The van der Waals surface area contributed by atoms with Crippen LogP contribution in [0.3, 0.4) is 0 Å². The highest BCUT2D eigenvalue weighted by Gasteiger charge is 2.62. The maximum absolute atomic E-state index is 13.5. The Labute approximate surface area is 114 Å². The molecular weight excluding hydrogens is 303 g/mol. The molecule has 13 nitrogen and oxygen atoms in total. The third-order valence-electron chi connectivity index (χ3n) is 2.65. The Hall–Kier alpha value is -2.80. The van der Waals surface area contributed by atoms with Crippen molar-refractivity contribution in [1.29, 1.82) is 0 Å². The van der Waals surface area contributed by atoms with Gasteiger partial charge in [-0.2, -0.15) is 0 Å². The molecule has 0 spiro atoms. The summed E-state index contributed by atoms with van der Waals surface area (Å²) in [4.78, 5) is 45.8. The first-order valence-electron chi connectivity index (χ1n) is 5.06. The summed E-state index contributed by atoms with van der Waals surface area (Å²) >= 11 is 0. The minimum Gasteiger partial charge on any atom is -0.291 e. The Morgan fingerprint density at radius 3 is 1.57 bits per heavy atom. The quantitative estimate of drug-likeness (QED) is 0.243. The van der Waals surface area contributed by atoms with Gasteiger partial charge in [0.25, 0.3) is 0 Å². The van der Waals surface area contributed by atoms with Crippen LogP contribution >= 0.6 is 0 Å². The third-order valence-corrected chi connectivity index (χ3v) is 2.65. The maximum Gasteiger partial charge on any atom is 0.614 e. The second-order valence-electron chi connectivity index (χ2n) is 4.19. The lowest BCUT2D eigenvalue weighted by Gasteiger charge is -2.16.